The molecule has 0 spiro atoms. The van der Waals surface area contributed by atoms with Crippen molar-refractivity contribution >= 4 is 29.9 Å². The number of hydrogen-bond acceptors (Lipinski definition) is 4. The summed E-state index contributed by atoms with van der Waals surface area (Å²) in [6, 6.07) is 0.509. The molecule has 1 aliphatic heterocycles. The standard InChI is InChI=1S/C17H31N7.HI/c1-15(2)12-23-10-6-16(7-11-23)22-17(18-3)19-8-4-5-9-24-13-20-21-14-24;/h13-14,16H,1,4-12H2,2-3H3,(H2,18,19,22);1H. The Hall–Kier alpha value is -1.16. The van der Waals surface area contributed by atoms with Crippen LogP contribution in [-0.4, -0.2) is 64.9 Å². The van der Waals surface area contributed by atoms with Crippen molar-refractivity contribution in [2.24, 2.45) is 4.99 Å². The Bertz CT molecular complexity index is 507. The molecule has 1 fully saturated rings. The summed E-state index contributed by atoms with van der Waals surface area (Å²) < 4.78 is 2.01. The van der Waals surface area contributed by atoms with Crippen LogP contribution in [0.1, 0.15) is 32.6 Å². The van der Waals surface area contributed by atoms with Gasteiger partial charge in [-0.25, -0.2) is 0 Å². The molecule has 0 aliphatic carbocycles. The lowest BCUT2D eigenvalue weighted by Gasteiger charge is -2.33. The van der Waals surface area contributed by atoms with Crippen LogP contribution >= 0.6 is 24.0 Å². The van der Waals surface area contributed by atoms with Crippen LogP contribution in [0.3, 0.4) is 0 Å². The lowest BCUT2D eigenvalue weighted by Crippen LogP contribution is -2.49. The molecule has 1 aliphatic rings. The van der Waals surface area contributed by atoms with Crippen LogP contribution in [0, 0.1) is 0 Å². The van der Waals surface area contributed by atoms with Gasteiger partial charge < -0.3 is 15.2 Å². The first-order chi connectivity index (χ1) is 11.7. The highest BCUT2D eigenvalue weighted by atomic mass is 127. The molecule has 1 aromatic heterocycles. The number of nitrogens with one attached hydrogen (secondary N) is 2. The van der Waals surface area contributed by atoms with Crippen LogP contribution in [0.4, 0.5) is 0 Å². The topological polar surface area (TPSA) is 70.4 Å². The highest BCUT2D eigenvalue weighted by Gasteiger charge is 2.19. The van der Waals surface area contributed by atoms with Crippen LogP contribution in [0.5, 0.6) is 0 Å². The minimum absolute atomic E-state index is 0. The number of piperidine rings is 1. The fourth-order valence-corrected chi connectivity index (χ4v) is 2.97. The molecule has 2 heterocycles. The number of aliphatic imine (C=N–C) groups is 1. The summed E-state index contributed by atoms with van der Waals surface area (Å²) in [6.45, 7) is 11.3. The number of hydrogen-bond donors (Lipinski definition) is 2. The van der Waals surface area contributed by atoms with E-state index in [1.807, 2.05) is 11.6 Å². The minimum Gasteiger partial charge on any atom is -0.356 e. The molecular weight excluding hydrogens is 429 g/mol. The van der Waals surface area contributed by atoms with E-state index in [0.29, 0.717) is 6.04 Å². The van der Waals surface area contributed by atoms with Gasteiger partial charge in [0.15, 0.2) is 5.96 Å². The Morgan fingerprint density at radius 3 is 2.52 bits per heavy atom. The van der Waals surface area contributed by atoms with Gasteiger partial charge in [0.1, 0.15) is 12.7 Å². The first kappa shape index (κ1) is 21.9. The number of aryl methyl sites for hydroxylation is 1. The number of rotatable bonds is 8. The van der Waals surface area contributed by atoms with Crippen LogP contribution < -0.4 is 10.6 Å². The SMILES string of the molecule is C=C(C)CN1CCC(NC(=NC)NCCCCn2cnnc2)CC1.I. The Kier molecular flexibility index (Phi) is 10.7. The maximum absolute atomic E-state index is 4.34. The van der Waals surface area contributed by atoms with Gasteiger partial charge >= 0.3 is 0 Å². The molecule has 0 saturated carbocycles. The van der Waals surface area contributed by atoms with Gasteiger partial charge in [-0.1, -0.05) is 12.2 Å². The summed E-state index contributed by atoms with van der Waals surface area (Å²) in [5.74, 6) is 0.914. The van der Waals surface area contributed by atoms with Gasteiger partial charge in [-0.15, -0.1) is 34.2 Å². The molecule has 2 rings (SSSR count). The zero-order valence-corrected chi connectivity index (χ0v) is 17.8. The number of nitrogens with zero attached hydrogens (tertiary/aromatic N) is 5. The predicted molar refractivity (Wildman–Crippen MR) is 113 cm³/mol. The molecule has 0 atom stereocenters. The second-order valence-corrected chi connectivity index (χ2v) is 6.56. The zero-order valence-electron chi connectivity index (χ0n) is 15.4. The van der Waals surface area contributed by atoms with Crippen molar-refractivity contribution in [1.29, 1.82) is 0 Å². The Morgan fingerprint density at radius 1 is 1.24 bits per heavy atom. The largest absolute Gasteiger partial charge is 0.356 e. The first-order valence-corrected chi connectivity index (χ1v) is 8.83. The zero-order chi connectivity index (χ0) is 17.2. The number of unbranched alkanes of at least 4 members (excludes halogenated alkanes) is 1. The summed E-state index contributed by atoms with van der Waals surface area (Å²) in [4.78, 5) is 6.81. The number of aromatic nitrogens is 3. The Labute approximate surface area is 168 Å². The van der Waals surface area contributed by atoms with Crippen LogP contribution in [0.2, 0.25) is 0 Å². The van der Waals surface area contributed by atoms with Crippen molar-refractivity contribution in [3.63, 3.8) is 0 Å². The predicted octanol–water partition coefficient (Wildman–Crippen LogP) is 1.88. The Morgan fingerprint density at radius 2 is 1.92 bits per heavy atom. The third-order valence-corrected chi connectivity index (χ3v) is 4.25. The van der Waals surface area contributed by atoms with Crippen LogP contribution in [-0.2, 0) is 6.54 Å². The monoisotopic (exact) mass is 461 g/mol. The van der Waals surface area contributed by atoms with Gasteiger partial charge in [0, 0.05) is 45.8 Å². The highest BCUT2D eigenvalue weighted by molar-refractivity contribution is 14.0. The summed E-state index contributed by atoms with van der Waals surface area (Å²) in [6.07, 6.45) is 8.02. The van der Waals surface area contributed by atoms with Gasteiger partial charge in [-0.3, -0.25) is 9.89 Å². The van der Waals surface area contributed by atoms with Gasteiger partial charge in [0.2, 0.25) is 0 Å². The first-order valence-electron chi connectivity index (χ1n) is 8.83. The number of guanidine groups is 1. The van der Waals surface area contributed by atoms with Crippen molar-refractivity contribution in [1.82, 2.24) is 30.3 Å². The molecule has 0 amide bonds. The van der Waals surface area contributed by atoms with Crippen LogP contribution in [0.25, 0.3) is 0 Å². The number of halogens is 1. The van der Waals surface area contributed by atoms with Gasteiger partial charge in [-0.05, 0) is 32.6 Å². The van der Waals surface area contributed by atoms with Crippen molar-refractivity contribution in [2.75, 3.05) is 33.2 Å². The normalized spacial score (nSPS) is 16.3. The maximum atomic E-state index is 4.34. The van der Waals surface area contributed by atoms with E-state index in [0.717, 1.165) is 64.4 Å². The highest BCUT2D eigenvalue weighted by Crippen LogP contribution is 2.11. The molecule has 0 aromatic carbocycles. The molecule has 2 N–H and O–H groups in total. The van der Waals surface area contributed by atoms with Gasteiger partial charge in [0.05, 0.1) is 0 Å². The van der Waals surface area contributed by atoms with E-state index in [2.05, 4.69) is 44.2 Å². The smallest absolute Gasteiger partial charge is 0.191 e. The minimum atomic E-state index is 0. The fraction of sp³-hybridized carbons (Fsp3) is 0.706. The molecule has 0 unspecified atom stereocenters. The summed E-state index contributed by atoms with van der Waals surface area (Å²) >= 11 is 0. The van der Waals surface area contributed by atoms with Crippen molar-refractivity contribution in [3.05, 3.63) is 24.8 Å². The molecule has 7 nitrogen and oxygen atoms in total. The third kappa shape index (κ3) is 8.66. The fourth-order valence-electron chi connectivity index (χ4n) is 2.97. The molecule has 0 bridgehead atoms. The molecule has 0 radical (unpaired) electrons. The second kappa shape index (κ2) is 12.2. The summed E-state index contributed by atoms with van der Waals surface area (Å²) in [5.41, 5.74) is 1.24. The van der Waals surface area contributed by atoms with E-state index in [9.17, 15) is 0 Å². The van der Waals surface area contributed by atoms with Crippen molar-refractivity contribution in [3.8, 4) is 0 Å². The lowest BCUT2D eigenvalue weighted by molar-refractivity contribution is 0.221. The molecule has 142 valence electrons. The van der Waals surface area contributed by atoms with Crippen molar-refractivity contribution < 1.29 is 0 Å². The average Bonchev–Trinajstić information content (AvgIpc) is 3.08. The van der Waals surface area contributed by atoms with E-state index >= 15 is 0 Å². The summed E-state index contributed by atoms with van der Waals surface area (Å²) in [5, 5.41) is 14.6. The molecule has 1 saturated heterocycles. The number of likely N-dealkylation sites (tertiary alicyclic amines) is 1. The van der Waals surface area contributed by atoms with E-state index in [1.165, 1.54) is 5.57 Å². The van der Waals surface area contributed by atoms with Gasteiger partial charge in [0.25, 0.3) is 0 Å². The maximum Gasteiger partial charge on any atom is 0.191 e. The van der Waals surface area contributed by atoms with Crippen LogP contribution in [0.15, 0.2) is 29.8 Å². The molecule has 8 heteroatoms. The third-order valence-electron chi connectivity index (χ3n) is 4.25. The van der Waals surface area contributed by atoms with E-state index in [-0.39, 0.29) is 24.0 Å². The average molecular weight is 461 g/mol. The second-order valence-electron chi connectivity index (χ2n) is 6.56. The van der Waals surface area contributed by atoms with E-state index in [4.69, 9.17) is 0 Å². The molecule has 25 heavy (non-hydrogen) atoms. The quantitative estimate of drug-likeness (QED) is 0.204. The van der Waals surface area contributed by atoms with E-state index < -0.39 is 0 Å². The lowest BCUT2D eigenvalue weighted by atomic mass is 10.0. The van der Waals surface area contributed by atoms with Crippen molar-refractivity contribution in [2.45, 2.75) is 45.2 Å². The summed E-state index contributed by atoms with van der Waals surface area (Å²) in [7, 11) is 1.84. The van der Waals surface area contributed by atoms with E-state index in [1.54, 1.807) is 12.7 Å². The molecular formula is C17H32IN7. The molecule has 1 aromatic rings. The Balaban J connectivity index is 0.00000312. The van der Waals surface area contributed by atoms with Gasteiger partial charge in [-0.2, -0.15) is 0 Å².